The molecule has 0 amide bonds. The maximum absolute atomic E-state index is 5.00. The van der Waals surface area contributed by atoms with Crippen LogP contribution in [0.4, 0.5) is 0 Å². The van der Waals surface area contributed by atoms with Gasteiger partial charge >= 0.3 is 42.4 Å². The van der Waals surface area contributed by atoms with Gasteiger partial charge in [0.05, 0.1) is 0 Å². The van der Waals surface area contributed by atoms with E-state index in [0.717, 1.165) is 13.1 Å². The van der Waals surface area contributed by atoms with Crippen LogP contribution in [-0.4, -0.2) is 13.1 Å². The first-order valence-corrected chi connectivity index (χ1v) is 13.4. The van der Waals surface area contributed by atoms with E-state index < -0.39 is 14.2 Å². The number of rotatable bonds is 2. The fraction of sp³-hybridized carbons (Fsp3) is 1.00. The van der Waals surface area contributed by atoms with Gasteiger partial charge < -0.3 is 5.32 Å². The van der Waals surface area contributed by atoms with Crippen molar-refractivity contribution in [3.05, 3.63) is 5.32 Å². The summed E-state index contributed by atoms with van der Waals surface area (Å²) in [7, 11) is 15.0. The van der Waals surface area contributed by atoms with Gasteiger partial charge in [-0.2, -0.15) is 13.1 Å². The molecule has 9 heavy (non-hydrogen) atoms. The SMILES string of the molecule is CC[N-]CC.[Cl][W]([Cl])[Cl]. The Hall–Kier alpha value is 1.52. The summed E-state index contributed by atoms with van der Waals surface area (Å²) >= 11 is -2.11. The first-order valence-electron chi connectivity index (χ1n) is 2.51. The van der Waals surface area contributed by atoms with Gasteiger partial charge in [-0.1, -0.05) is 13.8 Å². The van der Waals surface area contributed by atoms with Crippen LogP contribution in [0.15, 0.2) is 0 Å². The number of nitrogens with zero attached hydrogens (tertiary/aromatic N) is 1. The van der Waals surface area contributed by atoms with Crippen molar-refractivity contribution >= 4 is 28.3 Å². The monoisotopic (exact) mass is 361 g/mol. The van der Waals surface area contributed by atoms with Crippen molar-refractivity contribution < 1.29 is 14.2 Å². The Kier molecular flexibility index (Phi) is 17.8. The molecule has 0 aromatic carbocycles. The molecule has 0 N–H and O–H groups in total. The fourth-order valence-corrected chi connectivity index (χ4v) is 0.224. The Morgan fingerprint density at radius 2 is 1.33 bits per heavy atom. The van der Waals surface area contributed by atoms with Gasteiger partial charge in [-0.15, -0.1) is 0 Å². The van der Waals surface area contributed by atoms with Crippen LogP contribution in [0.2, 0.25) is 0 Å². The third kappa shape index (κ3) is 43.5. The molecule has 0 spiro atoms. The maximum atomic E-state index is 5.00. The molecule has 0 fully saturated rings. The molecule has 59 valence electrons. The van der Waals surface area contributed by atoms with E-state index in [0.29, 0.717) is 0 Å². The third-order valence-corrected chi connectivity index (χ3v) is 0.447. The second-order valence-electron chi connectivity index (χ2n) is 1.03. The predicted octanol–water partition coefficient (Wildman–Crippen LogP) is 3.47. The van der Waals surface area contributed by atoms with E-state index in [9.17, 15) is 0 Å². The van der Waals surface area contributed by atoms with Gasteiger partial charge in [0.15, 0.2) is 0 Å². The fourth-order valence-electron chi connectivity index (χ4n) is 0.224. The Morgan fingerprint density at radius 3 is 1.33 bits per heavy atom. The van der Waals surface area contributed by atoms with Crippen molar-refractivity contribution in [3.8, 4) is 0 Å². The van der Waals surface area contributed by atoms with Crippen LogP contribution >= 0.6 is 28.3 Å². The first kappa shape index (κ1) is 13.1. The molecule has 0 rings (SSSR count). The van der Waals surface area contributed by atoms with Gasteiger partial charge in [0, 0.05) is 0 Å². The Balaban J connectivity index is 0. The average molecular weight is 362 g/mol. The molecule has 0 aliphatic carbocycles. The summed E-state index contributed by atoms with van der Waals surface area (Å²) in [4.78, 5) is 0. The number of hydrogen-bond acceptors (Lipinski definition) is 0. The summed E-state index contributed by atoms with van der Waals surface area (Å²) in [5.41, 5.74) is 0. The summed E-state index contributed by atoms with van der Waals surface area (Å²) in [5, 5.41) is 3.97. The summed E-state index contributed by atoms with van der Waals surface area (Å²) in [6.45, 7) is 6.03. The molecule has 0 aromatic heterocycles. The zero-order valence-electron chi connectivity index (χ0n) is 5.40. The molecule has 0 atom stereocenters. The Morgan fingerprint density at radius 1 is 1.11 bits per heavy atom. The standard InChI is InChI=1S/C4H10N.3ClH.W/c1-3-5-4-2;;;;/h3-4H2,1-2H3;3*1H;/q-1;;;;+3/p-3. The van der Waals surface area contributed by atoms with Crippen molar-refractivity contribution in [2.75, 3.05) is 13.1 Å². The van der Waals surface area contributed by atoms with Crippen molar-refractivity contribution in [1.82, 2.24) is 0 Å². The molecule has 0 radical (unpaired) electrons. The van der Waals surface area contributed by atoms with Crippen LogP contribution in [0.1, 0.15) is 13.8 Å². The quantitative estimate of drug-likeness (QED) is 0.714. The van der Waals surface area contributed by atoms with Crippen LogP contribution in [0.5, 0.6) is 0 Å². The van der Waals surface area contributed by atoms with Gasteiger partial charge in [0.2, 0.25) is 0 Å². The van der Waals surface area contributed by atoms with Crippen LogP contribution < -0.4 is 0 Å². The van der Waals surface area contributed by atoms with Gasteiger partial charge in [0.25, 0.3) is 0 Å². The Bertz CT molecular complexity index is 40.0. The molecule has 0 saturated carbocycles. The van der Waals surface area contributed by atoms with Gasteiger partial charge in [-0.25, -0.2) is 0 Å². The first-order chi connectivity index (χ1) is 4.15. The molecule has 0 aliphatic rings. The molecule has 5 heteroatoms. The average Bonchev–Trinajstić information content (AvgIpc) is 1.66. The van der Waals surface area contributed by atoms with Crippen molar-refractivity contribution in [3.63, 3.8) is 0 Å². The van der Waals surface area contributed by atoms with E-state index in [2.05, 4.69) is 5.32 Å². The molecular weight excluding hydrogens is 352 g/mol. The van der Waals surface area contributed by atoms with Gasteiger partial charge in [-0.05, 0) is 0 Å². The van der Waals surface area contributed by atoms with E-state index >= 15 is 0 Å². The summed E-state index contributed by atoms with van der Waals surface area (Å²) < 4.78 is 0. The van der Waals surface area contributed by atoms with Gasteiger partial charge in [-0.3, -0.25) is 0 Å². The van der Waals surface area contributed by atoms with Crippen LogP contribution in [0.3, 0.4) is 0 Å². The van der Waals surface area contributed by atoms with E-state index in [1.807, 2.05) is 13.8 Å². The zero-order valence-corrected chi connectivity index (χ0v) is 10.6. The second-order valence-corrected chi connectivity index (χ2v) is 13.7. The molecular formula is C4H10Cl3NW-. The molecule has 0 bridgehead atoms. The minimum absolute atomic E-state index is 0.969. The van der Waals surface area contributed by atoms with E-state index in [1.165, 1.54) is 0 Å². The molecule has 0 aliphatic heterocycles. The van der Waals surface area contributed by atoms with Crippen LogP contribution in [-0.2, 0) is 14.2 Å². The number of hydrogen-bond donors (Lipinski definition) is 0. The topological polar surface area (TPSA) is 14.1 Å². The van der Waals surface area contributed by atoms with Gasteiger partial charge in [0.1, 0.15) is 0 Å². The van der Waals surface area contributed by atoms with E-state index in [4.69, 9.17) is 28.3 Å². The molecule has 0 unspecified atom stereocenters. The van der Waals surface area contributed by atoms with E-state index in [1.54, 1.807) is 0 Å². The molecule has 1 nitrogen and oxygen atoms in total. The molecule has 0 saturated heterocycles. The summed E-state index contributed by atoms with van der Waals surface area (Å²) in [6, 6.07) is 0. The summed E-state index contributed by atoms with van der Waals surface area (Å²) in [6.07, 6.45) is 0. The second kappa shape index (κ2) is 12.2. The molecule has 0 aromatic rings. The van der Waals surface area contributed by atoms with Crippen LogP contribution in [0, 0.1) is 0 Å². The van der Waals surface area contributed by atoms with Crippen molar-refractivity contribution in [2.45, 2.75) is 13.8 Å². The number of halogens is 3. The zero-order chi connectivity index (χ0) is 7.70. The van der Waals surface area contributed by atoms with Crippen LogP contribution in [0.25, 0.3) is 5.32 Å². The van der Waals surface area contributed by atoms with Crippen molar-refractivity contribution in [1.29, 1.82) is 0 Å². The normalized spacial score (nSPS) is 8.67. The van der Waals surface area contributed by atoms with Crippen molar-refractivity contribution in [2.24, 2.45) is 0 Å². The third-order valence-electron chi connectivity index (χ3n) is 0.447. The Labute approximate surface area is 74.4 Å². The predicted molar refractivity (Wildman–Crippen MR) is 42.0 cm³/mol. The molecule has 0 heterocycles. The van der Waals surface area contributed by atoms with E-state index in [-0.39, 0.29) is 0 Å². The summed E-state index contributed by atoms with van der Waals surface area (Å²) in [5.74, 6) is 0. The minimum atomic E-state index is -2.11.